The van der Waals surface area contributed by atoms with E-state index >= 15 is 0 Å². The Morgan fingerprint density at radius 1 is 1.08 bits per heavy atom. The van der Waals surface area contributed by atoms with E-state index in [0.29, 0.717) is 16.8 Å². The maximum Gasteiger partial charge on any atom is 0.252 e. The van der Waals surface area contributed by atoms with Crippen molar-refractivity contribution in [2.75, 3.05) is 5.73 Å². The fourth-order valence-electron chi connectivity index (χ4n) is 2.27. The summed E-state index contributed by atoms with van der Waals surface area (Å²) in [6.45, 7) is 2.80. The highest BCUT2D eigenvalue weighted by Gasteiger charge is 2.33. The molecule has 2 aromatic rings. The average Bonchev–Trinajstić information content (AvgIpc) is 2.58. The summed E-state index contributed by atoms with van der Waals surface area (Å²) in [6, 6.07) is 12.6. The molecular formula is C20H21N3O3. The third-order valence-electron chi connectivity index (χ3n) is 3.72. The minimum absolute atomic E-state index is 0.324. The molecule has 0 aliphatic rings. The van der Waals surface area contributed by atoms with Gasteiger partial charge in [0.15, 0.2) is 0 Å². The number of carbonyl (C=O) groups is 2. The number of aliphatic hydroxyl groups is 1. The molecule has 2 rings (SSSR count). The number of hydrogen-bond donors (Lipinski definition) is 4. The molecule has 0 aliphatic heterocycles. The zero-order valence-electron chi connectivity index (χ0n) is 14.6. The molecule has 134 valence electrons. The Hall–Kier alpha value is -3.30. The van der Waals surface area contributed by atoms with Crippen molar-refractivity contribution in [2.24, 2.45) is 5.73 Å². The second kappa shape index (κ2) is 7.72. The third kappa shape index (κ3) is 4.85. The van der Waals surface area contributed by atoms with Crippen LogP contribution in [-0.2, 0) is 4.79 Å². The van der Waals surface area contributed by atoms with Gasteiger partial charge in [0.1, 0.15) is 6.04 Å². The number of hydrogen-bond acceptors (Lipinski definition) is 4. The van der Waals surface area contributed by atoms with Gasteiger partial charge in [0.2, 0.25) is 5.91 Å². The first-order valence-corrected chi connectivity index (χ1v) is 7.97. The highest BCUT2D eigenvalue weighted by atomic mass is 16.3. The smallest absolute Gasteiger partial charge is 0.252 e. The molecule has 0 unspecified atom stereocenters. The van der Waals surface area contributed by atoms with Crippen molar-refractivity contribution in [1.29, 1.82) is 0 Å². The molecule has 0 aliphatic carbocycles. The van der Waals surface area contributed by atoms with Gasteiger partial charge in [-0.3, -0.25) is 9.59 Å². The second-order valence-corrected chi connectivity index (χ2v) is 6.38. The molecule has 0 saturated carbocycles. The lowest BCUT2D eigenvalue weighted by Crippen LogP contribution is -2.56. The fourth-order valence-corrected chi connectivity index (χ4v) is 2.27. The number of amides is 2. The van der Waals surface area contributed by atoms with E-state index in [1.165, 1.54) is 13.8 Å². The highest BCUT2D eigenvalue weighted by molar-refractivity contribution is 5.97. The van der Waals surface area contributed by atoms with E-state index in [1.807, 2.05) is 18.2 Å². The van der Waals surface area contributed by atoms with Crippen LogP contribution >= 0.6 is 0 Å². The minimum atomic E-state index is -1.47. The summed E-state index contributed by atoms with van der Waals surface area (Å²) in [7, 11) is 0. The van der Waals surface area contributed by atoms with Crippen molar-refractivity contribution in [1.82, 2.24) is 5.32 Å². The number of nitrogens with two attached hydrogens (primary N) is 2. The van der Waals surface area contributed by atoms with Crippen LogP contribution in [-0.4, -0.2) is 28.6 Å². The van der Waals surface area contributed by atoms with Gasteiger partial charge in [-0.2, -0.15) is 0 Å². The Bertz CT molecular complexity index is 872. The molecular weight excluding hydrogens is 330 g/mol. The van der Waals surface area contributed by atoms with Gasteiger partial charge in [-0.05, 0) is 50.2 Å². The van der Waals surface area contributed by atoms with Crippen molar-refractivity contribution in [2.45, 2.75) is 25.5 Å². The van der Waals surface area contributed by atoms with Gasteiger partial charge in [-0.1, -0.05) is 24.0 Å². The van der Waals surface area contributed by atoms with Crippen molar-refractivity contribution >= 4 is 17.5 Å². The number of anilines is 1. The van der Waals surface area contributed by atoms with Crippen LogP contribution in [0.15, 0.2) is 48.5 Å². The van der Waals surface area contributed by atoms with E-state index in [9.17, 15) is 14.7 Å². The summed E-state index contributed by atoms with van der Waals surface area (Å²) >= 11 is 0. The largest absolute Gasteiger partial charge is 0.398 e. The molecule has 0 saturated heterocycles. The van der Waals surface area contributed by atoms with Crippen LogP contribution in [0.3, 0.4) is 0 Å². The molecule has 0 radical (unpaired) electrons. The van der Waals surface area contributed by atoms with Gasteiger partial charge in [0, 0.05) is 22.4 Å². The Labute approximate surface area is 152 Å². The molecule has 26 heavy (non-hydrogen) atoms. The third-order valence-corrected chi connectivity index (χ3v) is 3.72. The van der Waals surface area contributed by atoms with Crippen molar-refractivity contribution in [3.63, 3.8) is 0 Å². The predicted molar refractivity (Wildman–Crippen MR) is 100 cm³/mol. The minimum Gasteiger partial charge on any atom is -0.398 e. The van der Waals surface area contributed by atoms with Crippen molar-refractivity contribution in [3.8, 4) is 11.8 Å². The van der Waals surface area contributed by atoms with E-state index < -0.39 is 23.5 Å². The molecule has 6 N–H and O–H groups in total. The van der Waals surface area contributed by atoms with E-state index in [1.54, 1.807) is 30.3 Å². The Balaban J connectivity index is 2.13. The first-order chi connectivity index (χ1) is 12.2. The SMILES string of the molecule is CC(C)(O)[C@H](NC(=O)c1ccc(C#Cc2ccccc2N)cc1)C(N)=O. The van der Waals surface area contributed by atoms with Crippen LogP contribution in [0.25, 0.3) is 0 Å². The first-order valence-electron chi connectivity index (χ1n) is 7.97. The Morgan fingerprint density at radius 3 is 2.23 bits per heavy atom. The van der Waals surface area contributed by atoms with E-state index in [4.69, 9.17) is 11.5 Å². The second-order valence-electron chi connectivity index (χ2n) is 6.38. The van der Waals surface area contributed by atoms with Gasteiger partial charge in [-0.25, -0.2) is 0 Å². The molecule has 0 heterocycles. The average molecular weight is 351 g/mol. The van der Waals surface area contributed by atoms with Crippen LogP contribution in [0.4, 0.5) is 5.69 Å². The zero-order chi connectivity index (χ0) is 19.3. The molecule has 2 aromatic carbocycles. The molecule has 0 fully saturated rings. The van der Waals surface area contributed by atoms with Gasteiger partial charge >= 0.3 is 0 Å². The predicted octanol–water partition coefficient (Wildman–Crippen LogP) is 1.02. The molecule has 6 nitrogen and oxygen atoms in total. The van der Waals surface area contributed by atoms with E-state index in [0.717, 1.165) is 5.56 Å². The number of benzene rings is 2. The maximum absolute atomic E-state index is 12.3. The fraction of sp³-hybridized carbons (Fsp3) is 0.200. The number of nitrogen functional groups attached to an aromatic ring is 1. The summed E-state index contributed by atoms with van der Waals surface area (Å²) in [5, 5.41) is 12.4. The monoisotopic (exact) mass is 351 g/mol. The summed E-state index contributed by atoms with van der Waals surface area (Å²) in [4.78, 5) is 23.7. The molecule has 1 atom stereocenters. The normalized spacial score (nSPS) is 11.8. The van der Waals surface area contributed by atoms with Crippen LogP contribution < -0.4 is 16.8 Å². The molecule has 6 heteroatoms. The summed E-state index contributed by atoms with van der Waals surface area (Å²) in [5.41, 5.74) is 12.0. The van der Waals surface area contributed by atoms with E-state index in [-0.39, 0.29) is 0 Å². The first kappa shape index (κ1) is 19.0. The zero-order valence-corrected chi connectivity index (χ0v) is 14.6. The van der Waals surface area contributed by atoms with Gasteiger partial charge in [0.25, 0.3) is 5.91 Å². The Morgan fingerprint density at radius 2 is 1.69 bits per heavy atom. The standard InChI is InChI=1S/C20H21N3O3/c1-20(2,26)17(18(22)24)23-19(25)15-11-8-13(9-12-15)7-10-14-5-3-4-6-16(14)21/h3-6,8-9,11-12,17,26H,21H2,1-2H3,(H2,22,24)(H,23,25)/t17-/m1/s1. The maximum atomic E-state index is 12.3. The highest BCUT2D eigenvalue weighted by Crippen LogP contribution is 2.11. The molecule has 0 spiro atoms. The number of nitrogens with one attached hydrogen (secondary N) is 1. The molecule has 2 amide bonds. The van der Waals surface area contributed by atoms with Crippen LogP contribution in [0.2, 0.25) is 0 Å². The van der Waals surface area contributed by atoms with Gasteiger partial charge in [0.05, 0.1) is 5.60 Å². The molecule has 0 aromatic heterocycles. The molecule has 0 bridgehead atoms. The number of para-hydroxylation sites is 1. The van der Waals surface area contributed by atoms with Crippen LogP contribution in [0, 0.1) is 11.8 Å². The van der Waals surface area contributed by atoms with Crippen LogP contribution in [0.5, 0.6) is 0 Å². The summed E-state index contributed by atoms with van der Waals surface area (Å²) < 4.78 is 0. The van der Waals surface area contributed by atoms with Crippen molar-refractivity contribution < 1.29 is 14.7 Å². The summed E-state index contributed by atoms with van der Waals surface area (Å²) in [5.74, 6) is 4.63. The number of carbonyl (C=O) groups excluding carboxylic acids is 2. The topological polar surface area (TPSA) is 118 Å². The van der Waals surface area contributed by atoms with Crippen molar-refractivity contribution in [3.05, 3.63) is 65.2 Å². The lowest BCUT2D eigenvalue weighted by molar-refractivity contribution is -0.125. The summed E-state index contributed by atoms with van der Waals surface area (Å²) in [6.07, 6.45) is 0. The van der Waals surface area contributed by atoms with E-state index in [2.05, 4.69) is 17.2 Å². The van der Waals surface area contributed by atoms with Gasteiger partial charge in [-0.15, -0.1) is 0 Å². The number of rotatable bonds is 4. The number of primary amides is 1. The lowest BCUT2D eigenvalue weighted by atomic mass is 9.98. The Kier molecular flexibility index (Phi) is 5.65. The lowest BCUT2D eigenvalue weighted by Gasteiger charge is -2.27. The quantitative estimate of drug-likeness (QED) is 0.486. The van der Waals surface area contributed by atoms with Gasteiger partial charge < -0.3 is 21.9 Å². The van der Waals surface area contributed by atoms with Crippen LogP contribution in [0.1, 0.15) is 35.3 Å².